The van der Waals surface area contributed by atoms with E-state index < -0.39 is 6.10 Å². The van der Waals surface area contributed by atoms with Gasteiger partial charge in [0.25, 0.3) is 11.5 Å². The summed E-state index contributed by atoms with van der Waals surface area (Å²) in [5, 5.41) is 15.0. The summed E-state index contributed by atoms with van der Waals surface area (Å²) in [6.07, 6.45) is 9.67. The number of carbonyl (C=O) groups is 1. The summed E-state index contributed by atoms with van der Waals surface area (Å²) in [7, 11) is 0. The van der Waals surface area contributed by atoms with Gasteiger partial charge in [0.05, 0.1) is 18.7 Å². The Morgan fingerprint density at radius 1 is 1.12 bits per heavy atom. The number of aromatic nitrogens is 4. The van der Waals surface area contributed by atoms with Crippen LogP contribution in [0.5, 0.6) is 0 Å². The van der Waals surface area contributed by atoms with Crippen LogP contribution < -0.4 is 5.56 Å². The van der Waals surface area contributed by atoms with Crippen LogP contribution in [0.3, 0.4) is 0 Å². The Morgan fingerprint density at radius 2 is 1.94 bits per heavy atom. The van der Waals surface area contributed by atoms with Crippen LogP contribution in [0.4, 0.5) is 0 Å². The molecule has 0 radical (unpaired) electrons. The number of hydrogen-bond acceptors (Lipinski definition) is 5. The number of aliphatic hydroxyl groups excluding tert-OH is 1. The van der Waals surface area contributed by atoms with Crippen LogP contribution >= 0.6 is 0 Å². The molecule has 3 aromatic heterocycles. The van der Waals surface area contributed by atoms with Crippen molar-refractivity contribution in [3.63, 3.8) is 0 Å². The summed E-state index contributed by atoms with van der Waals surface area (Å²) in [6, 6.07) is 7.35. The van der Waals surface area contributed by atoms with Crippen molar-refractivity contribution in [2.45, 2.75) is 38.5 Å². The van der Waals surface area contributed by atoms with Crippen molar-refractivity contribution in [1.82, 2.24) is 24.2 Å². The molecule has 0 aromatic carbocycles. The fourth-order valence-electron chi connectivity index (χ4n) is 5.23. The van der Waals surface area contributed by atoms with E-state index in [1.165, 1.54) is 0 Å². The van der Waals surface area contributed by atoms with Gasteiger partial charge in [-0.05, 0) is 60.9 Å². The third kappa shape index (κ3) is 3.75. The van der Waals surface area contributed by atoms with Gasteiger partial charge in [0.2, 0.25) is 0 Å². The highest BCUT2D eigenvalue weighted by Gasteiger charge is 2.44. The van der Waals surface area contributed by atoms with Gasteiger partial charge in [-0.15, -0.1) is 0 Å². The Kier molecular flexibility index (Phi) is 5.38. The standard InChI is InChI=1S/C24H27N5O3/c1-16-5-9-27(13-17-4-2-6-25-12-17)23(31)22(16)24(32)28-14-18-10-20(29-8-3-7-26-29)21(30)11-19(18)15-28/h2-9,12,18-21,30H,10-11,13-15H2,1H3/t18-,19+,20-,21-/m1/s1. The molecule has 4 atom stereocenters. The number of fused-ring (bicyclic) bond motifs is 1. The average molecular weight is 434 g/mol. The maximum atomic E-state index is 13.4. The minimum Gasteiger partial charge on any atom is -0.391 e. The molecule has 1 N–H and O–H groups in total. The van der Waals surface area contributed by atoms with Crippen LogP contribution in [0, 0.1) is 18.8 Å². The summed E-state index contributed by atoms with van der Waals surface area (Å²) in [5.41, 5.74) is 1.55. The lowest BCUT2D eigenvalue weighted by Gasteiger charge is -2.35. The van der Waals surface area contributed by atoms with Crippen molar-refractivity contribution >= 4 is 5.91 Å². The van der Waals surface area contributed by atoms with Gasteiger partial charge in [-0.2, -0.15) is 5.10 Å². The third-order valence-electron chi connectivity index (χ3n) is 6.92. The Bertz CT molecular complexity index is 1160. The lowest BCUT2D eigenvalue weighted by atomic mass is 9.77. The van der Waals surface area contributed by atoms with E-state index in [0.717, 1.165) is 12.0 Å². The summed E-state index contributed by atoms with van der Waals surface area (Å²) in [5.74, 6) is 0.313. The lowest BCUT2D eigenvalue weighted by Crippen LogP contribution is -2.36. The zero-order chi connectivity index (χ0) is 22.2. The number of likely N-dealkylation sites (tertiary alicyclic amines) is 1. The number of hydrogen-bond donors (Lipinski definition) is 1. The largest absolute Gasteiger partial charge is 0.391 e. The van der Waals surface area contributed by atoms with Gasteiger partial charge in [0.15, 0.2) is 0 Å². The molecule has 3 aromatic rings. The average Bonchev–Trinajstić information content (AvgIpc) is 3.45. The van der Waals surface area contributed by atoms with Gasteiger partial charge in [-0.3, -0.25) is 19.3 Å². The topological polar surface area (TPSA) is 93.3 Å². The van der Waals surface area contributed by atoms with E-state index in [9.17, 15) is 14.7 Å². The van der Waals surface area contributed by atoms with Crippen LogP contribution in [0.1, 0.15) is 40.4 Å². The quantitative estimate of drug-likeness (QED) is 0.678. The van der Waals surface area contributed by atoms with Crippen LogP contribution in [0.25, 0.3) is 0 Å². The van der Waals surface area contributed by atoms with Gasteiger partial charge in [0, 0.05) is 44.1 Å². The Morgan fingerprint density at radius 3 is 2.66 bits per heavy atom. The molecule has 2 fully saturated rings. The van der Waals surface area contributed by atoms with E-state index in [2.05, 4.69) is 10.1 Å². The van der Waals surface area contributed by atoms with Crippen molar-refractivity contribution in [3.05, 3.63) is 82.3 Å². The van der Waals surface area contributed by atoms with E-state index in [1.807, 2.05) is 42.1 Å². The van der Waals surface area contributed by atoms with Crippen molar-refractivity contribution in [2.24, 2.45) is 11.8 Å². The summed E-state index contributed by atoms with van der Waals surface area (Å²) in [6.45, 7) is 3.35. The first kappa shape index (κ1) is 20.6. The maximum absolute atomic E-state index is 13.4. The summed E-state index contributed by atoms with van der Waals surface area (Å²) in [4.78, 5) is 32.6. The first-order valence-electron chi connectivity index (χ1n) is 11.1. The number of amides is 1. The number of nitrogens with zero attached hydrogens (tertiary/aromatic N) is 5. The smallest absolute Gasteiger partial charge is 0.263 e. The maximum Gasteiger partial charge on any atom is 0.263 e. The highest BCUT2D eigenvalue weighted by atomic mass is 16.3. The molecule has 5 rings (SSSR count). The third-order valence-corrected chi connectivity index (χ3v) is 6.92. The molecule has 1 saturated heterocycles. The molecule has 32 heavy (non-hydrogen) atoms. The van der Waals surface area contributed by atoms with Crippen molar-refractivity contribution < 1.29 is 9.90 Å². The van der Waals surface area contributed by atoms with Gasteiger partial charge < -0.3 is 14.6 Å². The second kappa shape index (κ2) is 8.35. The first-order chi connectivity index (χ1) is 15.5. The highest BCUT2D eigenvalue weighted by Crippen LogP contribution is 2.41. The summed E-state index contributed by atoms with van der Waals surface area (Å²) >= 11 is 0. The van der Waals surface area contributed by atoms with Gasteiger partial charge in [-0.25, -0.2) is 0 Å². The van der Waals surface area contributed by atoms with E-state index in [4.69, 9.17) is 0 Å². The monoisotopic (exact) mass is 433 g/mol. The fourth-order valence-corrected chi connectivity index (χ4v) is 5.23. The molecule has 0 spiro atoms. The molecule has 0 unspecified atom stereocenters. The number of aliphatic hydroxyl groups is 1. The van der Waals surface area contributed by atoms with Crippen molar-refractivity contribution in [1.29, 1.82) is 0 Å². The molecule has 8 heteroatoms. The van der Waals surface area contributed by atoms with Crippen LogP contribution in [-0.2, 0) is 6.54 Å². The normalized spacial score (nSPS) is 25.0. The number of rotatable bonds is 4. The minimum atomic E-state index is -0.485. The second-order valence-corrected chi connectivity index (χ2v) is 8.99. The molecule has 2 aliphatic rings. The van der Waals surface area contributed by atoms with Gasteiger partial charge >= 0.3 is 0 Å². The van der Waals surface area contributed by atoms with E-state index in [0.29, 0.717) is 31.6 Å². The zero-order valence-electron chi connectivity index (χ0n) is 18.0. The number of aryl methyl sites for hydroxylation is 1. The molecule has 1 saturated carbocycles. The fraction of sp³-hybridized carbons (Fsp3) is 0.417. The molecule has 0 bridgehead atoms. The second-order valence-electron chi connectivity index (χ2n) is 8.99. The summed E-state index contributed by atoms with van der Waals surface area (Å²) < 4.78 is 3.39. The van der Waals surface area contributed by atoms with E-state index in [-0.39, 0.29) is 34.9 Å². The molecule has 8 nitrogen and oxygen atoms in total. The molecule has 4 heterocycles. The first-order valence-corrected chi connectivity index (χ1v) is 11.1. The lowest BCUT2D eigenvalue weighted by molar-refractivity contribution is 0.0306. The van der Waals surface area contributed by atoms with Crippen molar-refractivity contribution in [3.8, 4) is 0 Å². The molecule has 1 aliphatic heterocycles. The van der Waals surface area contributed by atoms with Crippen LogP contribution in [0.2, 0.25) is 0 Å². The zero-order valence-corrected chi connectivity index (χ0v) is 18.0. The van der Waals surface area contributed by atoms with Crippen molar-refractivity contribution in [2.75, 3.05) is 13.1 Å². The molecular weight excluding hydrogens is 406 g/mol. The number of carbonyl (C=O) groups excluding carboxylic acids is 1. The Balaban J connectivity index is 1.36. The minimum absolute atomic E-state index is 0.0727. The molecule has 1 amide bonds. The van der Waals surface area contributed by atoms with Gasteiger partial charge in [0.1, 0.15) is 5.56 Å². The van der Waals surface area contributed by atoms with Crippen LogP contribution in [-0.4, -0.2) is 54.4 Å². The Labute approximate surface area is 186 Å². The van der Waals surface area contributed by atoms with E-state index >= 15 is 0 Å². The molecule has 166 valence electrons. The Hall–Kier alpha value is -3.26. The molecular formula is C24H27N5O3. The highest BCUT2D eigenvalue weighted by molar-refractivity contribution is 5.95. The predicted octanol–water partition coefficient (Wildman–Crippen LogP) is 1.88. The van der Waals surface area contributed by atoms with Gasteiger partial charge in [-0.1, -0.05) is 6.07 Å². The number of pyridine rings is 2. The molecule has 1 aliphatic carbocycles. The predicted molar refractivity (Wildman–Crippen MR) is 118 cm³/mol. The van der Waals surface area contributed by atoms with Crippen LogP contribution in [0.15, 0.2) is 60.0 Å². The SMILES string of the molecule is Cc1ccn(Cc2cccnc2)c(=O)c1C(=O)N1C[C@H]2C[C@@H](n3cccn3)[C@H](O)C[C@H]2C1. The van der Waals surface area contributed by atoms with E-state index in [1.54, 1.807) is 34.3 Å².